The molecule has 56 heavy (non-hydrogen) atoms. The zero-order valence-electron chi connectivity index (χ0n) is 37.2. The second-order valence-corrected chi connectivity index (χ2v) is 19.9. The van der Waals surface area contributed by atoms with E-state index in [-0.39, 0.29) is 17.1 Å². The van der Waals surface area contributed by atoms with Gasteiger partial charge in [0.15, 0.2) is 6.29 Å². The van der Waals surface area contributed by atoms with E-state index in [1.807, 2.05) is 34.6 Å². The van der Waals surface area contributed by atoms with E-state index in [4.69, 9.17) is 18.9 Å². The Kier molecular flexibility index (Phi) is 17.2. The van der Waals surface area contributed by atoms with Crippen LogP contribution in [-0.4, -0.2) is 38.5 Å². The fourth-order valence-corrected chi connectivity index (χ4v) is 11.5. The predicted molar refractivity (Wildman–Crippen MR) is 231 cm³/mol. The third-order valence-corrected chi connectivity index (χ3v) is 14.9. The van der Waals surface area contributed by atoms with Crippen LogP contribution in [0, 0.1) is 105 Å². The topological polar surface area (TPSA) is 36.9 Å². The summed E-state index contributed by atoms with van der Waals surface area (Å²) in [4.78, 5) is 0. The molecule has 0 unspecified atom stereocenters. The van der Waals surface area contributed by atoms with Crippen LogP contribution in [0.1, 0.15) is 184 Å². The first-order chi connectivity index (χ1) is 27.0. The van der Waals surface area contributed by atoms with Crippen molar-refractivity contribution in [3.63, 3.8) is 0 Å². The highest BCUT2D eigenvalue weighted by molar-refractivity contribution is 5.16. The first-order valence-corrected chi connectivity index (χ1v) is 23.2. The van der Waals surface area contributed by atoms with Crippen LogP contribution < -0.4 is 0 Å². The van der Waals surface area contributed by atoms with Gasteiger partial charge in [0, 0.05) is 34.5 Å². The molecule has 0 N–H and O–H groups in total. The second kappa shape index (κ2) is 21.4. The van der Waals surface area contributed by atoms with Gasteiger partial charge in [0.05, 0.1) is 26.4 Å². The Balaban J connectivity index is 0.000000214. The third kappa shape index (κ3) is 13.0. The van der Waals surface area contributed by atoms with Gasteiger partial charge in [-0.3, -0.25) is 0 Å². The molecule has 0 aromatic rings. The smallest absolute Gasteiger partial charge is 0.233 e. The van der Waals surface area contributed by atoms with Crippen LogP contribution in [-0.2, 0) is 18.9 Å². The minimum absolute atomic E-state index is 0.0470. The van der Waals surface area contributed by atoms with Gasteiger partial charge >= 0.3 is 0 Å². The molecule has 4 heteroatoms. The fourth-order valence-electron chi connectivity index (χ4n) is 11.5. The Morgan fingerprint density at radius 1 is 0.393 bits per heavy atom. The molecule has 0 atom stereocenters. The van der Waals surface area contributed by atoms with Gasteiger partial charge in [-0.2, -0.15) is 0 Å². The lowest BCUT2D eigenvalue weighted by Gasteiger charge is -2.43. The Labute approximate surface area is 345 Å². The summed E-state index contributed by atoms with van der Waals surface area (Å²) in [6.07, 6.45) is 25.6. The number of hydrogen-bond acceptors (Lipinski definition) is 4. The average molecular weight is 769 g/mol. The van der Waals surface area contributed by atoms with Crippen molar-refractivity contribution in [2.75, 3.05) is 26.4 Å². The van der Waals surface area contributed by atoms with Crippen molar-refractivity contribution in [3.8, 4) is 47.4 Å². The summed E-state index contributed by atoms with van der Waals surface area (Å²) < 4.78 is 23.7. The molecule has 4 saturated carbocycles. The van der Waals surface area contributed by atoms with Crippen molar-refractivity contribution in [1.82, 2.24) is 0 Å². The van der Waals surface area contributed by atoms with Crippen molar-refractivity contribution in [2.45, 2.75) is 196 Å². The molecule has 2 aliphatic heterocycles. The van der Waals surface area contributed by atoms with E-state index >= 15 is 0 Å². The summed E-state index contributed by atoms with van der Waals surface area (Å²) in [5.74, 6) is 31.5. The SMILES string of the molecule is CC#CC1(CC2CCC(C#CC)(CC3COC(C)OC3)CC2)CCC(C)CC1.CC#CC1(CC2CCC(C)CC2)CCC(CC2(C#CC)OCC(C)CO2)CC1. The summed E-state index contributed by atoms with van der Waals surface area (Å²) in [5, 5.41) is 0. The van der Waals surface area contributed by atoms with Gasteiger partial charge in [0.1, 0.15) is 0 Å². The first kappa shape index (κ1) is 45.2. The molecule has 0 spiro atoms. The summed E-state index contributed by atoms with van der Waals surface area (Å²) in [6, 6.07) is 0. The minimum atomic E-state index is -0.665. The fraction of sp³-hybridized carbons (Fsp3) is 0.846. The Bertz CT molecular complexity index is 1320. The van der Waals surface area contributed by atoms with Gasteiger partial charge in [0.25, 0.3) is 0 Å². The molecule has 312 valence electrons. The van der Waals surface area contributed by atoms with E-state index in [2.05, 4.69) is 68.1 Å². The molecule has 0 bridgehead atoms. The van der Waals surface area contributed by atoms with Crippen LogP contribution >= 0.6 is 0 Å². The molecule has 6 fully saturated rings. The van der Waals surface area contributed by atoms with Crippen molar-refractivity contribution < 1.29 is 18.9 Å². The molecule has 0 radical (unpaired) electrons. The van der Waals surface area contributed by atoms with Gasteiger partial charge in [-0.05, 0) is 166 Å². The summed E-state index contributed by atoms with van der Waals surface area (Å²) in [5.41, 5.74) is 0.723. The summed E-state index contributed by atoms with van der Waals surface area (Å²) in [6.45, 7) is 20.1. The highest BCUT2D eigenvalue weighted by atomic mass is 16.7. The molecule has 0 amide bonds. The van der Waals surface area contributed by atoms with Crippen LogP contribution in [0.4, 0.5) is 0 Å². The van der Waals surface area contributed by atoms with Gasteiger partial charge in [0.2, 0.25) is 5.79 Å². The molecule has 6 aliphatic rings. The van der Waals surface area contributed by atoms with Crippen molar-refractivity contribution >= 4 is 0 Å². The van der Waals surface area contributed by atoms with Gasteiger partial charge in [-0.25, -0.2) is 0 Å². The van der Waals surface area contributed by atoms with Crippen molar-refractivity contribution in [1.29, 1.82) is 0 Å². The molecule has 6 rings (SSSR count). The Hall–Kier alpha value is -1.92. The standard InChI is InChI=1S/2C26H40O2/c1-5-11-25(13-7-21(3)8-14-25)17-23-9-15-26(12-6-2,16-10-23)18-24-19-27-22(4)28-20-24;1-5-13-25(17-23-9-7-21(3)8-10-23)15-11-24(12-16-25)18-26(14-6-2)27-19-22(4)20-28-26/h21-24H,7-10,13-20H2,1-4H3;21-24H,7-12,15-20H2,1-4H3. The molecule has 4 nitrogen and oxygen atoms in total. The van der Waals surface area contributed by atoms with Gasteiger partial charge < -0.3 is 18.9 Å². The van der Waals surface area contributed by atoms with E-state index in [0.29, 0.717) is 23.2 Å². The van der Waals surface area contributed by atoms with Gasteiger partial charge in [-0.15, -0.1) is 23.7 Å². The zero-order valence-corrected chi connectivity index (χ0v) is 37.2. The highest BCUT2D eigenvalue weighted by Crippen LogP contribution is 2.51. The second-order valence-electron chi connectivity index (χ2n) is 19.9. The van der Waals surface area contributed by atoms with E-state index in [1.54, 1.807) is 0 Å². The molecule has 4 aliphatic carbocycles. The molecule has 2 saturated heterocycles. The lowest BCUT2D eigenvalue weighted by Crippen LogP contribution is -2.44. The first-order valence-electron chi connectivity index (χ1n) is 23.2. The quantitative estimate of drug-likeness (QED) is 0.231. The van der Waals surface area contributed by atoms with Crippen molar-refractivity contribution in [2.24, 2.45) is 57.7 Å². The van der Waals surface area contributed by atoms with E-state index < -0.39 is 5.79 Å². The maximum Gasteiger partial charge on any atom is 0.233 e. The van der Waals surface area contributed by atoms with Crippen LogP contribution in [0.2, 0.25) is 0 Å². The summed E-state index contributed by atoms with van der Waals surface area (Å²) >= 11 is 0. The van der Waals surface area contributed by atoms with E-state index in [1.165, 1.54) is 116 Å². The normalized spacial score (nSPS) is 41.3. The molecule has 0 aromatic carbocycles. The van der Waals surface area contributed by atoms with Crippen LogP contribution in [0.25, 0.3) is 0 Å². The molecule has 0 aromatic heterocycles. The van der Waals surface area contributed by atoms with E-state index in [0.717, 1.165) is 62.9 Å². The zero-order chi connectivity index (χ0) is 40.1. The van der Waals surface area contributed by atoms with E-state index in [9.17, 15) is 0 Å². The lowest BCUT2D eigenvalue weighted by molar-refractivity contribution is -0.254. The maximum atomic E-state index is 6.13. The number of ether oxygens (including phenoxy) is 4. The maximum absolute atomic E-state index is 6.13. The summed E-state index contributed by atoms with van der Waals surface area (Å²) in [7, 11) is 0. The monoisotopic (exact) mass is 769 g/mol. The number of hydrogen-bond donors (Lipinski definition) is 0. The average Bonchev–Trinajstić information content (AvgIpc) is 3.19. The lowest BCUT2D eigenvalue weighted by atomic mass is 9.61. The largest absolute Gasteiger partial charge is 0.353 e. The molecular weight excluding hydrogens is 689 g/mol. The minimum Gasteiger partial charge on any atom is -0.353 e. The third-order valence-electron chi connectivity index (χ3n) is 14.9. The van der Waals surface area contributed by atoms with Crippen LogP contribution in [0.3, 0.4) is 0 Å². The Morgan fingerprint density at radius 3 is 1.21 bits per heavy atom. The molecule has 2 heterocycles. The van der Waals surface area contributed by atoms with Crippen LogP contribution in [0.15, 0.2) is 0 Å². The van der Waals surface area contributed by atoms with Gasteiger partial charge in [-0.1, -0.05) is 64.2 Å². The van der Waals surface area contributed by atoms with Crippen LogP contribution in [0.5, 0.6) is 0 Å². The predicted octanol–water partition coefficient (Wildman–Crippen LogP) is 12.4. The molecular formula is C52H80O4. The van der Waals surface area contributed by atoms with Crippen molar-refractivity contribution in [3.05, 3.63) is 0 Å². The Morgan fingerprint density at radius 2 is 0.768 bits per heavy atom. The highest BCUT2D eigenvalue weighted by Gasteiger charge is 2.43. The number of rotatable bonds is 8.